The predicted molar refractivity (Wildman–Crippen MR) is 40.9 cm³/mol. The fourth-order valence-electron chi connectivity index (χ4n) is 0.953. The van der Waals surface area contributed by atoms with Crippen LogP contribution in [-0.2, 0) is 4.74 Å². The monoisotopic (exact) mass is 184 g/mol. The average molecular weight is 184 g/mol. The lowest BCUT2D eigenvalue weighted by molar-refractivity contribution is -0.170. The van der Waals surface area contributed by atoms with E-state index in [1.807, 2.05) is 0 Å². The van der Waals surface area contributed by atoms with Crippen LogP contribution < -0.4 is 0 Å². The van der Waals surface area contributed by atoms with Gasteiger partial charge in [-0.05, 0) is 5.41 Å². The van der Waals surface area contributed by atoms with Crippen molar-refractivity contribution in [1.82, 2.24) is 0 Å². The molecule has 0 aliphatic rings. The van der Waals surface area contributed by atoms with Gasteiger partial charge in [-0.15, -0.1) is 0 Å². The average Bonchev–Trinajstić information content (AvgIpc) is 1.78. The standard InChI is InChI=1S/C8H15F3O/c1-7(2,3)6(12-4)5-8(9,10)11/h6H,5H2,1-4H3/t6-/m0/s1. The van der Waals surface area contributed by atoms with Crippen LogP contribution in [0, 0.1) is 5.41 Å². The first-order valence-electron chi connectivity index (χ1n) is 3.76. The fraction of sp³-hybridized carbons (Fsp3) is 1.00. The molecular formula is C8H15F3O. The van der Waals surface area contributed by atoms with Crippen molar-refractivity contribution < 1.29 is 17.9 Å². The van der Waals surface area contributed by atoms with Crippen LogP contribution in [0.3, 0.4) is 0 Å². The number of ether oxygens (including phenoxy) is 1. The molecule has 0 saturated heterocycles. The molecule has 0 amide bonds. The van der Waals surface area contributed by atoms with E-state index in [0.717, 1.165) is 0 Å². The highest BCUT2D eigenvalue weighted by Gasteiger charge is 2.37. The molecule has 0 aromatic heterocycles. The van der Waals surface area contributed by atoms with Gasteiger partial charge in [0.2, 0.25) is 0 Å². The first kappa shape index (κ1) is 11.8. The van der Waals surface area contributed by atoms with E-state index in [2.05, 4.69) is 0 Å². The lowest BCUT2D eigenvalue weighted by Gasteiger charge is -2.29. The van der Waals surface area contributed by atoms with E-state index in [0.29, 0.717) is 0 Å². The van der Waals surface area contributed by atoms with E-state index in [9.17, 15) is 13.2 Å². The minimum Gasteiger partial charge on any atom is -0.381 e. The molecule has 0 radical (unpaired) electrons. The molecule has 0 saturated carbocycles. The largest absolute Gasteiger partial charge is 0.391 e. The zero-order valence-corrected chi connectivity index (χ0v) is 7.83. The third kappa shape index (κ3) is 4.59. The minimum absolute atomic E-state index is 0.468. The zero-order valence-electron chi connectivity index (χ0n) is 7.83. The Morgan fingerprint density at radius 1 is 1.17 bits per heavy atom. The minimum atomic E-state index is -4.14. The summed E-state index contributed by atoms with van der Waals surface area (Å²) in [4.78, 5) is 0. The zero-order chi connectivity index (χ0) is 9.99. The van der Waals surface area contributed by atoms with E-state index in [1.54, 1.807) is 20.8 Å². The molecule has 0 aliphatic carbocycles. The SMILES string of the molecule is CO[C@@H](CC(F)(F)F)C(C)(C)C. The van der Waals surface area contributed by atoms with Crippen LogP contribution in [-0.4, -0.2) is 19.4 Å². The normalized spacial score (nSPS) is 16.2. The van der Waals surface area contributed by atoms with Crippen molar-refractivity contribution in [3.63, 3.8) is 0 Å². The molecule has 1 atom stereocenters. The summed E-state index contributed by atoms with van der Waals surface area (Å²) in [6.45, 7) is 5.19. The Morgan fingerprint density at radius 2 is 1.58 bits per heavy atom. The second-order valence-electron chi connectivity index (χ2n) is 3.91. The van der Waals surface area contributed by atoms with Crippen LogP contribution in [0.4, 0.5) is 13.2 Å². The van der Waals surface area contributed by atoms with E-state index in [4.69, 9.17) is 4.74 Å². The molecule has 12 heavy (non-hydrogen) atoms. The van der Waals surface area contributed by atoms with Gasteiger partial charge in [0, 0.05) is 7.11 Å². The van der Waals surface area contributed by atoms with Crippen molar-refractivity contribution in [2.75, 3.05) is 7.11 Å². The van der Waals surface area contributed by atoms with Gasteiger partial charge in [-0.2, -0.15) is 13.2 Å². The molecule has 0 N–H and O–H groups in total. The highest BCUT2D eigenvalue weighted by atomic mass is 19.4. The third-order valence-electron chi connectivity index (χ3n) is 1.67. The van der Waals surface area contributed by atoms with Crippen molar-refractivity contribution >= 4 is 0 Å². The highest BCUT2D eigenvalue weighted by molar-refractivity contribution is 4.76. The summed E-state index contributed by atoms with van der Waals surface area (Å²) in [5, 5.41) is 0. The molecule has 0 fully saturated rings. The number of methoxy groups -OCH3 is 1. The van der Waals surface area contributed by atoms with Gasteiger partial charge in [-0.1, -0.05) is 20.8 Å². The molecule has 0 heterocycles. The maximum atomic E-state index is 11.9. The number of alkyl halides is 3. The van der Waals surface area contributed by atoms with E-state index in [1.165, 1.54) is 7.11 Å². The van der Waals surface area contributed by atoms with E-state index >= 15 is 0 Å². The Labute approximate surface area is 70.9 Å². The molecule has 0 bridgehead atoms. The molecule has 0 rings (SSSR count). The molecule has 0 aromatic carbocycles. The number of hydrogen-bond donors (Lipinski definition) is 0. The summed E-state index contributed by atoms with van der Waals surface area (Å²) in [6, 6.07) is 0. The first-order chi connectivity index (χ1) is 5.17. The van der Waals surface area contributed by atoms with Crippen LogP contribution >= 0.6 is 0 Å². The van der Waals surface area contributed by atoms with Gasteiger partial charge in [0.05, 0.1) is 12.5 Å². The summed E-state index contributed by atoms with van der Waals surface area (Å²) in [7, 11) is 1.31. The van der Waals surface area contributed by atoms with Gasteiger partial charge in [-0.25, -0.2) is 0 Å². The molecular weight excluding hydrogens is 169 g/mol. The van der Waals surface area contributed by atoms with Crippen LogP contribution in [0.25, 0.3) is 0 Å². The summed E-state index contributed by atoms with van der Waals surface area (Å²) < 4.78 is 40.6. The Bertz CT molecular complexity index is 134. The van der Waals surface area contributed by atoms with Crippen molar-refractivity contribution in [1.29, 1.82) is 0 Å². The van der Waals surface area contributed by atoms with Crippen molar-refractivity contribution in [2.24, 2.45) is 5.41 Å². The second kappa shape index (κ2) is 3.64. The Hall–Kier alpha value is -0.250. The molecule has 0 unspecified atom stereocenters. The Morgan fingerprint density at radius 3 is 1.67 bits per heavy atom. The van der Waals surface area contributed by atoms with Gasteiger partial charge in [0.25, 0.3) is 0 Å². The maximum Gasteiger partial charge on any atom is 0.391 e. The van der Waals surface area contributed by atoms with Crippen LogP contribution in [0.1, 0.15) is 27.2 Å². The Kier molecular flexibility index (Phi) is 3.57. The molecule has 0 aliphatic heterocycles. The topological polar surface area (TPSA) is 9.23 Å². The van der Waals surface area contributed by atoms with Gasteiger partial charge >= 0.3 is 6.18 Å². The predicted octanol–water partition coefficient (Wildman–Crippen LogP) is 3.00. The summed E-state index contributed by atoms with van der Waals surface area (Å²) in [5.41, 5.74) is -0.468. The molecule has 1 nitrogen and oxygen atoms in total. The third-order valence-corrected chi connectivity index (χ3v) is 1.67. The second-order valence-corrected chi connectivity index (χ2v) is 3.91. The van der Waals surface area contributed by atoms with Crippen LogP contribution in [0.2, 0.25) is 0 Å². The molecule has 4 heteroatoms. The smallest absolute Gasteiger partial charge is 0.381 e. The van der Waals surface area contributed by atoms with Gasteiger partial charge in [0.15, 0.2) is 0 Å². The summed E-state index contributed by atoms with van der Waals surface area (Å²) in [5.74, 6) is 0. The number of halogens is 3. The van der Waals surface area contributed by atoms with Gasteiger partial charge in [0.1, 0.15) is 0 Å². The first-order valence-corrected chi connectivity index (χ1v) is 3.76. The Balaban J connectivity index is 4.20. The quantitative estimate of drug-likeness (QED) is 0.641. The molecule has 0 spiro atoms. The number of hydrogen-bond acceptors (Lipinski definition) is 1. The van der Waals surface area contributed by atoms with Crippen LogP contribution in [0.5, 0.6) is 0 Å². The van der Waals surface area contributed by atoms with E-state index < -0.39 is 24.1 Å². The van der Waals surface area contributed by atoms with Crippen molar-refractivity contribution in [3.05, 3.63) is 0 Å². The van der Waals surface area contributed by atoms with Gasteiger partial charge in [-0.3, -0.25) is 0 Å². The van der Waals surface area contributed by atoms with Gasteiger partial charge < -0.3 is 4.74 Å². The lowest BCUT2D eigenvalue weighted by Crippen LogP contribution is -2.33. The maximum absolute atomic E-state index is 11.9. The number of rotatable bonds is 2. The summed E-state index contributed by atoms with van der Waals surface area (Å²) >= 11 is 0. The fourth-order valence-corrected chi connectivity index (χ4v) is 0.953. The highest BCUT2D eigenvalue weighted by Crippen LogP contribution is 2.32. The summed E-state index contributed by atoms with van der Waals surface area (Å²) in [6.07, 6.45) is -5.79. The van der Waals surface area contributed by atoms with Crippen molar-refractivity contribution in [2.45, 2.75) is 39.5 Å². The van der Waals surface area contributed by atoms with Crippen molar-refractivity contribution in [3.8, 4) is 0 Å². The molecule has 74 valence electrons. The van der Waals surface area contributed by atoms with Crippen LogP contribution in [0.15, 0.2) is 0 Å². The lowest BCUT2D eigenvalue weighted by atomic mass is 9.87. The van der Waals surface area contributed by atoms with E-state index in [-0.39, 0.29) is 0 Å². The molecule has 0 aromatic rings.